The van der Waals surface area contributed by atoms with Gasteiger partial charge in [-0.15, -0.1) is 0 Å². The van der Waals surface area contributed by atoms with Crippen LogP contribution in [0.25, 0.3) is 0 Å². The molecule has 0 saturated carbocycles. The largest absolute Gasteiger partial charge is 0.369 e. The van der Waals surface area contributed by atoms with Crippen LogP contribution in [0.15, 0.2) is 0 Å². The summed E-state index contributed by atoms with van der Waals surface area (Å²) in [4.78, 5) is 13.8. The maximum absolute atomic E-state index is 11.8. The van der Waals surface area contributed by atoms with Crippen LogP contribution < -0.4 is 5.32 Å². The second-order valence-corrected chi connectivity index (χ2v) is 4.50. The van der Waals surface area contributed by atoms with Gasteiger partial charge in [0, 0.05) is 12.6 Å². The topological polar surface area (TPSA) is 41.6 Å². The molecule has 0 aromatic carbocycles. The zero-order valence-corrected chi connectivity index (χ0v) is 8.88. The van der Waals surface area contributed by atoms with E-state index in [1.54, 1.807) is 0 Å². The summed E-state index contributed by atoms with van der Waals surface area (Å²) in [6.07, 6.45) is 1.01. The monoisotopic (exact) mass is 198 g/mol. The third kappa shape index (κ3) is 1.42. The van der Waals surface area contributed by atoms with Gasteiger partial charge in [-0.1, -0.05) is 0 Å². The van der Waals surface area contributed by atoms with E-state index in [0.717, 1.165) is 19.5 Å². The van der Waals surface area contributed by atoms with E-state index in [-0.39, 0.29) is 24.1 Å². The van der Waals surface area contributed by atoms with E-state index in [1.807, 2.05) is 4.90 Å². The lowest BCUT2D eigenvalue weighted by Crippen LogP contribution is -2.63. The maximum atomic E-state index is 11.8. The van der Waals surface area contributed by atoms with Crippen LogP contribution in [0, 0.1) is 0 Å². The number of hydrogen-bond donors (Lipinski definition) is 1. The van der Waals surface area contributed by atoms with Crippen molar-refractivity contribution >= 4 is 5.91 Å². The van der Waals surface area contributed by atoms with Crippen molar-refractivity contribution in [3.8, 4) is 0 Å². The Labute approximate surface area is 84.6 Å². The predicted molar refractivity (Wildman–Crippen MR) is 53.0 cm³/mol. The first-order chi connectivity index (χ1) is 6.66. The van der Waals surface area contributed by atoms with Gasteiger partial charge in [0.25, 0.3) is 0 Å². The van der Waals surface area contributed by atoms with Crippen molar-refractivity contribution in [3.63, 3.8) is 0 Å². The molecule has 0 radical (unpaired) electrons. The van der Waals surface area contributed by atoms with Crippen LogP contribution in [-0.4, -0.2) is 48.7 Å². The molecule has 2 aliphatic heterocycles. The van der Waals surface area contributed by atoms with Gasteiger partial charge in [-0.25, -0.2) is 0 Å². The smallest absolute Gasteiger partial charge is 0.249 e. The summed E-state index contributed by atoms with van der Waals surface area (Å²) in [7, 11) is 0. The molecule has 0 aliphatic carbocycles. The fourth-order valence-corrected chi connectivity index (χ4v) is 2.63. The van der Waals surface area contributed by atoms with Gasteiger partial charge in [0.15, 0.2) is 0 Å². The number of nitrogens with one attached hydrogen (secondary N) is 1. The fourth-order valence-electron chi connectivity index (χ4n) is 2.63. The molecule has 0 bridgehead atoms. The number of nitrogens with zero attached hydrogens (tertiary/aromatic N) is 1. The number of morpholine rings is 1. The Balaban J connectivity index is 2.23. The molecule has 1 atom stereocenters. The molecular weight excluding hydrogens is 180 g/mol. The van der Waals surface area contributed by atoms with Gasteiger partial charge in [-0.2, -0.15) is 0 Å². The van der Waals surface area contributed by atoms with E-state index in [9.17, 15) is 4.79 Å². The van der Waals surface area contributed by atoms with Crippen molar-refractivity contribution in [2.24, 2.45) is 0 Å². The molecule has 1 spiro atoms. The lowest BCUT2D eigenvalue weighted by atomic mass is 9.94. The van der Waals surface area contributed by atoms with Crippen molar-refractivity contribution in [1.82, 2.24) is 10.2 Å². The molecule has 2 saturated heterocycles. The number of ether oxygens (including phenoxy) is 1. The molecule has 80 valence electrons. The highest BCUT2D eigenvalue weighted by molar-refractivity contribution is 5.79. The average Bonchev–Trinajstić information content (AvgIpc) is 2.53. The molecule has 14 heavy (non-hydrogen) atoms. The summed E-state index contributed by atoms with van der Waals surface area (Å²) in [6.45, 7) is 6.94. The van der Waals surface area contributed by atoms with Crippen molar-refractivity contribution in [1.29, 1.82) is 0 Å². The van der Waals surface area contributed by atoms with Crippen LogP contribution in [0.3, 0.4) is 0 Å². The first-order valence-electron chi connectivity index (χ1n) is 5.26. The second kappa shape index (κ2) is 3.51. The van der Waals surface area contributed by atoms with E-state index in [1.165, 1.54) is 0 Å². The molecule has 1 unspecified atom stereocenters. The van der Waals surface area contributed by atoms with Gasteiger partial charge in [0.2, 0.25) is 5.91 Å². The first-order valence-corrected chi connectivity index (χ1v) is 5.26. The van der Waals surface area contributed by atoms with Crippen molar-refractivity contribution in [2.45, 2.75) is 31.8 Å². The lowest BCUT2D eigenvalue weighted by Gasteiger charge is -2.46. The van der Waals surface area contributed by atoms with Gasteiger partial charge < -0.3 is 15.0 Å². The molecule has 4 nitrogen and oxygen atoms in total. The lowest BCUT2D eigenvalue weighted by molar-refractivity contribution is -0.160. The van der Waals surface area contributed by atoms with Crippen molar-refractivity contribution in [2.75, 3.05) is 26.3 Å². The number of hydrogen-bond acceptors (Lipinski definition) is 3. The Bertz CT molecular complexity index is 234. The summed E-state index contributed by atoms with van der Waals surface area (Å²) >= 11 is 0. The minimum Gasteiger partial charge on any atom is -0.369 e. The highest BCUT2D eigenvalue weighted by Gasteiger charge is 2.46. The molecule has 2 rings (SSSR count). The maximum Gasteiger partial charge on any atom is 0.249 e. The van der Waals surface area contributed by atoms with Gasteiger partial charge in [0.1, 0.15) is 6.61 Å². The van der Waals surface area contributed by atoms with Gasteiger partial charge in [-0.05, 0) is 26.8 Å². The minimum absolute atomic E-state index is 0.0660. The number of rotatable bonds is 1. The summed E-state index contributed by atoms with van der Waals surface area (Å²) in [5.74, 6) is 0.134. The van der Waals surface area contributed by atoms with Crippen LogP contribution in [-0.2, 0) is 9.53 Å². The summed E-state index contributed by atoms with van der Waals surface area (Å²) in [6, 6.07) is 0.270. The van der Waals surface area contributed by atoms with E-state index >= 15 is 0 Å². The molecule has 2 aliphatic rings. The molecule has 2 heterocycles. The van der Waals surface area contributed by atoms with E-state index in [2.05, 4.69) is 19.2 Å². The first kappa shape index (κ1) is 9.93. The molecule has 2 fully saturated rings. The number of amides is 1. The highest BCUT2D eigenvalue weighted by atomic mass is 16.5. The molecule has 4 heteroatoms. The van der Waals surface area contributed by atoms with Gasteiger partial charge in [-0.3, -0.25) is 4.79 Å². The van der Waals surface area contributed by atoms with Crippen molar-refractivity contribution < 1.29 is 9.53 Å². The molecular formula is C10H18N2O2. The highest BCUT2D eigenvalue weighted by Crippen LogP contribution is 2.29. The van der Waals surface area contributed by atoms with E-state index < -0.39 is 0 Å². The molecule has 0 aromatic heterocycles. The molecule has 0 aromatic rings. The van der Waals surface area contributed by atoms with Crippen LogP contribution in [0.4, 0.5) is 0 Å². The SMILES string of the molecule is CC(C)N1C(=O)COCC12CCNC2. The summed E-state index contributed by atoms with van der Waals surface area (Å²) < 4.78 is 5.37. The number of carbonyl (C=O) groups is 1. The summed E-state index contributed by atoms with van der Waals surface area (Å²) in [5.41, 5.74) is -0.0660. The molecule has 1 N–H and O–H groups in total. The van der Waals surface area contributed by atoms with Crippen LogP contribution >= 0.6 is 0 Å². The standard InChI is InChI=1S/C10H18N2O2/c1-8(2)12-9(13)5-14-7-10(12)3-4-11-6-10/h8,11H,3-7H2,1-2H3. The Morgan fingerprint density at radius 3 is 2.93 bits per heavy atom. The normalized spacial score (nSPS) is 33.4. The van der Waals surface area contributed by atoms with E-state index in [0.29, 0.717) is 6.61 Å². The third-order valence-electron chi connectivity index (χ3n) is 3.11. The Morgan fingerprint density at radius 1 is 1.57 bits per heavy atom. The third-order valence-corrected chi connectivity index (χ3v) is 3.11. The second-order valence-electron chi connectivity index (χ2n) is 4.50. The minimum atomic E-state index is -0.0660. The van der Waals surface area contributed by atoms with Crippen molar-refractivity contribution in [3.05, 3.63) is 0 Å². The predicted octanol–water partition coefficient (Wildman–Crippen LogP) is -0.0143. The zero-order valence-electron chi connectivity index (χ0n) is 8.88. The number of carbonyl (C=O) groups excluding carboxylic acids is 1. The zero-order chi connectivity index (χ0) is 10.2. The van der Waals surface area contributed by atoms with Crippen LogP contribution in [0.1, 0.15) is 20.3 Å². The van der Waals surface area contributed by atoms with E-state index in [4.69, 9.17) is 4.74 Å². The van der Waals surface area contributed by atoms with Crippen LogP contribution in [0.5, 0.6) is 0 Å². The Hall–Kier alpha value is -0.610. The Kier molecular flexibility index (Phi) is 2.49. The molecule has 1 amide bonds. The fraction of sp³-hybridized carbons (Fsp3) is 0.900. The van der Waals surface area contributed by atoms with Crippen LogP contribution in [0.2, 0.25) is 0 Å². The summed E-state index contributed by atoms with van der Waals surface area (Å²) in [5, 5.41) is 3.31. The quantitative estimate of drug-likeness (QED) is 0.644. The Morgan fingerprint density at radius 2 is 2.36 bits per heavy atom. The van der Waals surface area contributed by atoms with Gasteiger partial charge >= 0.3 is 0 Å². The van der Waals surface area contributed by atoms with Gasteiger partial charge in [0.05, 0.1) is 12.1 Å². The average molecular weight is 198 g/mol.